The van der Waals surface area contributed by atoms with Crippen LogP contribution in [0.4, 0.5) is 0 Å². The number of ether oxygens (including phenoxy) is 1. The minimum absolute atomic E-state index is 0.0241. The van der Waals surface area contributed by atoms with E-state index in [1.54, 1.807) is 0 Å². The predicted octanol–water partition coefficient (Wildman–Crippen LogP) is 1.92. The Hall–Kier alpha value is -1.53. The van der Waals surface area contributed by atoms with Gasteiger partial charge in [0.05, 0.1) is 11.6 Å². The first-order valence-electron chi connectivity index (χ1n) is 7.66. The molecule has 0 saturated carbocycles. The molecule has 3 heterocycles. The summed E-state index contributed by atoms with van der Waals surface area (Å²) in [4.78, 5) is 2.25. The van der Waals surface area contributed by atoms with E-state index in [1.165, 1.54) is 0 Å². The number of benzene rings is 1. The summed E-state index contributed by atoms with van der Waals surface area (Å²) in [7, 11) is -3.55. The van der Waals surface area contributed by atoms with Gasteiger partial charge in [-0.3, -0.25) is 4.90 Å². The van der Waals surface area contributed by atoms with E-state index in [0.29, 0.717) is 18.1 Å². The van der Waals surface area contributed by atoms with Crippen LogP contribution in [0.1, 0.15) is 24.0 Å². The van der Waals surface area contributed by atoms with Crippen molar-refractivity contribution >= 4 is 15.9 Å². The van der Waals surface area contributed by atoms with Gasteiger partial charge in [-0.1, -0.05) is 11.6 Å². The third kappa shape index (κ3) is 2.30. The Balaban J connectivity index is 1.85. The fourth-order valence-electron chi connectivity index (χ4n) is 3.52. The summed E-state index contributed by atoms with van der Waals surface area (Å²) in [5.41, 5.74) is 2.78. The van der Waals surface area contributed by atoms with Crippen LogP contribution in [0, 0.1) is 6.92 Å². The molecule has 0 N–H and O–H groups in total. The van der Waals surface area contributed by atoms with Crippen molar-refractivity contribution < 1.29 is 17.3 Å². The van der Waals surface area contributed by atoms with Gasteiger partial charge in [0, 0.05) is 5.57 Å². The Bertz CT molecular complexity index is 747. The Morgan fingerprint density at radius 2 is 2.00 bits per heavy atom. The van der Waals surface area contributed by atoms with Crippen LogP contribution in [-0.4, -0.2) is 44.8 Å². The molecule has 1 aromatic rings. The van der Waals surface area contributed by atoms with Crippen molar-refractivity contribution in [3.63, 3.8) is 0 Å². The van der Waals surface area contributed by atoms with Crippen molar-refractivity contribution in [1.82, 2.24) is 4.90 Å². The van der Waals surface area contributed by atoms with Crippen molar-refractivity contribution in [2.75, 3.05) is 25.4 Å². The summed E-state index contributed by atoms with van der Waals surface area (Å²) in [5.74, 6) is 1.21. The minimum atomic E-state index is -3.55. The van der Waals surface area contributed by atoms with Gasteiger partial charge in [0.15, 0.2) is 5.76 Å². The fraction of sp³-hybridized carbons (Fsp3) is 0.500. The van der Waals surface area contributed by atoms with Gasteiger partial charge in [0.2, 0.25) is 0 Å². The third-order valence-electron chi connectivity index (χ3n) is 4.61. The molecule has 0 spiro atoms. The summed E-state index contributed by atoms with van der Waals surface area (Å²) >= 11 is 0. The molecular formula is C16H19NO4S. The van der Waals surface area contributed by atoms with Gasteiger partial charge in [-0.2, -0.15) is 8.42 Å². The molecule has 1 unspecified atom stereocenters. The van der Waals surface area contributed by atoms with Gasteiger partial charge < -0.3 is 8.92 Å². The first-order valence-corrected chi connectivity index (χ1v) is 9.24. The molecule has 0 aromatic heterocycles. The van der Waals surface area contributed by atoms with Crippen LogP contribution in [0.5, 0.6) is 5.75 Å². The molecule has 1 aromatic carbocycles. The van der Waals surface area contributed by atoms with E-state index in [1.807, 2.05) is 25.1 Å². The van der Waals surface area contributed by atoms with E-state index >= 15 is 0 Å². The molecule has 1 fully saturated rings. The molecule has 0 bridgehead atoms. The molecule has 1 saturated heterocycles. The average molecular weight is 321 g/mol. The highest BCUT2D eigenvalue weighted by molar-refractivity contribution is 7.87. The van der Waals surface area contributed by atoms with Crippen molar-refractivity contribution in [3.8, 4) is 5.75 Å². The summed E-state index contributed by atoms with van der Waals surface area (Å²) in [6, 6.07) is 5.65. The lowest BCUT2D eigenvalue weighted by molar-refractivity contribution is 0.241. The first-order chi connectivity index (χ1) is 10.5. The van der Waals surface area contributed by atoms with Crippen LogP contribution in [0.3, 0.4) is 0 Å². The van der Waals surface area contributed by atoms with E-state index in [-0.39, 0.29) is 11.8 Å². The van der Waals surface area contributed by atoms with Crippen molar-refractivity contribution in [1.29, 1.82) is 0 Å². The van der Waals surface area contributed by atoms with Crippen LogP contribution >= 0.6 is 0 Å². The van der Waals surface area contributed by atoms with Crippen LogP contribution in [0.15, 0.2) is 23.8 Å². The van der Waals surface area contributed by atoms with E-state index < -0.39 is 10.1 Å². The molecule has 6 heteroatoms. The number of hydrogen-bond donors (Lipinski definition) is 0. The molecule has 1 atom stereocenters. The highest BCUT2D eigenvalue weighted by Crippen LogP contribution is 2.40. The highest BCUT2D eigenvalue weighted by Gasteiger charge is 2.41. The first kappa shape index (κ1) is 14.1. The van der Waals surface area contributed by atoms with Gasteiger partial charge in [-0.05, 0) is 45.0 Å². The summed E-state index contributed by atoms with van der Waals surface area (Å²) in [6.45, 7) is 4.27. The Labute approximate surface area is 130 Å². The summed E-state index contributed by atoms with van der Waals surface area (Å²) < 4.78 is 35.7. The van der Waals surface area contributed by atoms with Gasteiger partial charge in [-0.25, -0.2) is 0 Å². The Kier molecular flexibility index (Phi) is 3.20. The molecule has 3 aliphatic heterocycles. The normalized spacial score (nSPS) is 26.9. The second-order valence-corrected chi connectivity index (χ2v) is 7.82. The van der Waals surface area contributed by atoms with Gasteiger partial charge >= 0.3 is 10.1 Å². The number of likely N-dealkylation sites (tertiary alicyclic amines) is 1. The van der Waals surface area contributed by atoms with Crippen LogP contribution in [-0.2, 0) is 14.3 Å². The second-order valence-electron chi connectivity index (χ2n) is 6.21. The molecule has 22 heavy (non-hydrogen) atoms. The van der Waals surface area contributed by atoms with Crippen molar-refractivity contribution in [2.45, 2.75) is 25.8 Å². The van der Waals surface area contributed by atoms with Crippen molar-refractivity contribution in [2.24, 2.45) is 0 Å². The SMILES string of the molecule is Cc1ccc2c(c1)C1=C(CO2)C(N2CCCC2)CS(=O)(=O)O1. The monoisotopic (exact) mass is 321 g/mol. The Morgan fingerprint density at radius 3 is 2.77 bits per heavy atom. The molecule has 0 radical (unpaired) electrons. The maximum absolute atomic E-state index is 12.2. The average Bonchev–Trinajstić information content (AvgIpc) is 2.99. The fourth-order valence-corrected chi connectivity index (χ4v) is 4.84. The third-order valence-corrected chi connectivity index (χ3v) is 5.76. The van der Waals surface area contributed by atoms with Crippen molar-refractivity contribution in [3.05, 3.63) is 34.9 Å². The zero-order chi connectivity index (χ0) is 15.3. The molecule has 0 amide bonds. The molecule has 3 aliphatic rings. The maximum atomic E-state index is 12.2. The zero-order valence-corrected chi connectivity index (χ0v) is 13.4. The summed E-state index contributed by atoms with van der Waals surface area (Å²) in [5, 5.41) is 0. The molecule has 4 rings (SSSR count). The molecule has 5 nitrogen and oxygen atoms in total. The lowest BCUT2D eigenvalue weighted by Crippen LogP contribution is -2.45. The lowest BCUT2D eigenvalue weighted by Gasteiger charge is -2.36. The number of fused-ring (bicyclic) bond motifs is 2. The number of nitrogens with zero attached hydrogens (tertiary/aromatic N) is 1. The topological polar surface area (TPSA) is 55.8 Å². The van der Waals surface area contributed by atoms with Crippen LogP contribution in [0.2, 0.25) is 0 Å². The molecular weight excluding hydrogens is 302 g/mol. The summed E-state index contributed by atoms with van der Waals surface area (Å²) in [6.07, 6.45) is 2.24. The molecule has 0 aliphatic carbocycles. The van der Waals surface area contributed by atoms with E-state index in [9.17, 15) is 8.42 Å². The van der Waals surface area contributed by atoms with Crippen LogP contribution < -0.4 is 4.74 Å². The number of hydrogen-bond acceptors (Lipinski definition) is 5. The van der Waals surface area contributed by atoms with E-state index in [0.717, 1.165) is 42.6 Å². The number of aryl methyl sites for hydroxylation is 1. The Morgan fingerprint density at radius 1 is 1.23 bits per heavy atom. The smallest absolute Gasteiger partial charge is 0.311 e. The highest BCUT2D eigenvalue weighted by atomic mass is 32.2. The van der Waals surface area contributed by atoms with Crippen LogP contribution in [0.25, 0.3) is 5.76 Å². The zero-order valence-electron chi connectivity index (χ0n) is 12.5. The molecule has 118 valence electrons. The van der Waals surface area contributed by atoms with Gasteiger partial charge in [0.1, 0.15) is 18.1 Å². The quantitative estimate of drug-likeness (QED) is 0.740. The predicted molar refractivity (Wildman–Crippen MR) is 83.1 cm³/mol. The van der Waals surface area contributed by atoms with E-state index in [2.05, 4.69) is 4.90 Å². The van der Waals surface area contributed by atoms with Gasteiger partial charge in [0.25, 0.3) is 0 Å². The number of rotatable bonds is 1. The minimum Gasteiger partial charge on any atom is -0.488 e. The maximum Gasteiger partial charge on any atom is 0.311 e. The largest absolute Gasteiger partial charge is 0.488 e. The second kappa shape index (κ2) is 4.99. The van der Waals surface area contributed by atoms with Gasteiger partial charge in [-0.15, -0.1) is 0 Å². The van der Waals surface area contributed by atoms with E-state index in [4.69, 9.17) is 8.92 Å². The standard InChI is InChI=1S/C16H19NO4S/c1-11-4-5-15-12(8-11)16-13(9-20-15)14(10-22(18,19)21-16)17-6-2-3-7-17/h4-5,8,14H,2-3,6-7,9-10H2,1H3. The lowest BCUT2D eigenvalue weighted by atomic mass is 9.98.